The third kappa shape index (κ3) is 6.32. The van der Waals surface area contributed by atoms with Gasteiger partial charge in [-0.25, -0.2) is 4.98 Å². The third-order valence-electron chi connectivity index (χ3n) is 6.76. The van der Waals surface area contributed by atoms with Gasteiger partial charge in [-0.15, -0.1) is 0 Å². The number of nitrogens with one attached hydrogen (secondary N) is 2. The Morgan fingerprint density at radius 2 is 1.84 bits per heavy atom. The molecule has 0 saturated carbocycles. The van der Waals surface area contributed by atoms with Gasteiger partial charge < -0.3 is 20.4 Å². The monoisotopic (exact) mass is 496 g/mol. The normalized spacial score (nSPS) is 17.1. The van der Waals surface area contributed by atoms with Gasteiger partial charge in [0, 0.05) is 26.2 Å². The van der Waals surface area contributed by atoms with Crippen LogP contribution >= 0.6 is 0 Å². The van der Waals surface area contributed by atoms with Crippen LogP contribution in [0.1, 0.15) is 42.5 Å². The molecule has 2 amide bonds. The maximum absolute atomic E-state index is 13.4. The first kappa shape index (κ1) is 25.9. The lowest BCUT2D eigenvalue weighted by Crippen LogP contribution is -2.53. The second kappa shape index (κ2) is 11.7. The number of pyridine rings is 1. The molecule has 1 unspecified atom stereocenters. The average molecular weight is 497 g/mol. The van der Waals surface area contributed by atoms with Crippen LogP contribution in [0.15, 0.2) is 72.9 Å². The van der Waals surface area contributed by atoms with E-state index in [1.165, 1.54) is 0 Å². The Hall–Kier alpha value is -4.22. The molecule has 8 heteroatoms. The van der Waals surface area contributed by atoms with Crippen molar-refractivity contribution in [1.29, 1.82) is 5.26 Å². The van der Waals surface area contributed by atoms with Crippen molar-refractivity contribution in [1.82, 2.24) is 15.2 Å². The van der Waals surface area contributed by atoms with E-state index in [0.717, 1.165) is 16.8 Å². The number of hydrogen-bond acceptors (Lipinski definition) is 6. The number of likely N-dealkylation sites (N-methyl/N-ethyl adjacent to an activating group) is 1. The van der Waals surface area contributed by atoms with E-state index in [-0.39, 0.29) is 23.8 Å². The van der Waals surface area contributed by atoms with E-state index in [1.54, 1.807) is 29.3 Å². The van der Waals surface area contributed by atoms with E-state index in [2.05, 4.69) is 35.5 Å². The summed E-state index contributed by atoms with van der Waals surface area (Å²) < 4.78 is 0. The number of rotatable bonds is 8. The number of amides is 2. The maximum Gasteiger partial charge on any atom is 0.247 e. The van der Waals surface area contributed by atoms with Gasteiger partial charge >= 0.3 is 0 Å². The molecule has 1 saturated heterocycles. The topological polar surface area (TPSA) is 101 Å². The second-order valence-electron chi connectivity index (χ2n) is 9.53. The molecule has 0 bridgehead atoms. The highest BCUT2D eigenvalue weighted by atomic mass is 16.2. The summed E-state index contributed by atoms with van der Waals surface area (Å²) in [5.74, 6) is 0.450. The molecule has 3 aromatic rings. The zero-order chi connectivity index (χ0) is 26.4. The summed E-state index contributed by atoms with van der Waals surface area (Å²) >= 11 is 0. The van der Waals surface area contributed by atoms with Crippen molar-refractivity contribution in [2.75, 3.05) is 36.9 Å². The molecule has 0 radical (unpaired) electrons. The number of piperazine rings is 1. The van der Waals surface area contributed by atoms with Crippen LogP contribution in [-0.2, 0) is 9.59 Å². The van der Waals surface area contributed by atoms with Crippen molar-refractivity contribution in [3.05, 3.63) is 89.6 Å². The predicted octanol–water partition coefficient (Wildman–Crippen LogP) is 3.69. The Labute approximate surface area is 217 Å². The van der Waals surface area contributed by atoms with E-state index in [4.69, 9.17) is 5.26 Å². The maximum atomic E-state index is 13.4. The van der Waals surface area contributed by atoms with E-state index < -0.39 is 6.04 Å². The Morgan fingerprint density at radius 1 is 1.11 bits per heavy atom. The van der Waals surface area contributed by atoms with Crippen LogP contribution in [0.5, 0.6) is 0 Å². The van der Waals surface area contributed by atoms with Gasteiger partial charge in [0.15, 0.2) is 0 Å². The highest BCUT2D eigenvalue weighted by Gasteiger charge is 2.27. The van der Waals surface area contributed by atoms with Crippen molar-refractivity contribution >= 4 is 23.3 Å². The van der Waals surface area contributed by atoms with Gasteiger partial charge in [-0.05, 0) is 48.2 Å². The molecule has 4 rings (SSSR count). The van der Waals surface area contributed by atoms with Gasteiger partial charge in [0.2, 0.25) is 11.8 Å². The van der Waals surface area contributed by atoms with Crippen molar-refractivity contribution in [3.8, 4) is 6.07 Å². The van der Waals surface area contributed by atoms with Gasteiger partial charge in [0.25, 0.3) is 0 Å². The summed E-state index contributed by atoms with van der Waals surface area (Å²) in [6.07, 6.45) is 1.70. The summed E-state index contributed by atoms with van der Waals surface area (Å²) in [5, 5.41) is 15.4. The van der Waals surface area contributed by atoms with Gasteiger partial charge in [-0.1, -0.05) is 49.4 Å². The first-order valence-corrected chi connectivity index (χ1v) is 12.4. The number of benzene rings is 2. The third-order valence-corrected chi connectivity index (χ3v) is 6.76. The molecular weight excluding hydrogens is 464 g/mol. The molecule has 1 aromatic heterocycles. The molecule has 8 nitrogen and oxygen atoms in total. The zero-order valence-electron chi connectivity index (χ0n) is 21.4. The molecule has 0 spiro atoms. The predicted molar refractivity (Wildman–Crippen MR) is 144 cm³/mol. The molecule has 0 aliphatic carbocycles. The Balaban J connectivity index is 1.44. The lowest BCUT2D eigenvalue weighted by Gasteiger charge is -2.39. The minimum atomic E-state index is -0.571. The molecular formula is C29H32N6O2. The molecule has 1 fully saturated rings. The Kier molecular flexibility index (Phi) is 8.16. The van der Waals surface area contributed by atoms with E-state index in [1.807, 2.05) is 60.5 Å². The van der Waals surface area contributed by atoms with Gasteiger partial charge in [-0.3, -0.25) is 9.59 Å². The summed E-state index contributed by atoms with van der Waals surface area (Å²) in [6.45, 7) is 5.69. The highest BCUT2D eigenvalue weighted by Crippen LogP contribution is 2.23. The molecule has 2 heterocycles. The van der Waals surface area contributed by atoms with Crippen molar-refractivity contribution in [2.45, 2.75) is 31.8 Å². The average Bonchev–Trinajstić information content (AvgIpc) is 2.92. The summed E-state index contributed by atoms with van der Waals surface area (Å²) in [5.41, 5.74) is 3.42. The van der Waals surface area contributed by atoms with Crippen LogP contribution in [-0.4, -0.2) is 54.4 Å². The zero-order valence-corrected chi connectivity index (χ0v) is 21.4. The fraction of sp³-hybridized carbons (Fsp3) is 0.310. The SMILES string of the molecule is CC1CN(C)C(=O)CN1c1ccc(NC(=O)[C@@H](NC[C@H](C)c2ccc(C#N)cc2)c2ccccc2)nc1. The smallest absolute Gasteiger partial charge is 0.247 e. The van der Waals surface area contributed by atoms with Crippen molar-refractivity contribution in [2.24, 2.45) is 0 Å². The Bertz CT molecular complexity index is 1250. The highest BCUT2D eigenvalue weighted by molar-refractivity contribution is 5.95. The van der Waals surface area contributed by atoms with Crippen LogP contribution in [0.25, 0.3) is 0 Å². The summed E-state index contributed by atoms with van der Waals surface area (Å²) in [7, 11) is 1.81. The number of carbonyl (C=O) groups excluding carboxylic acids is 2. The first-order chi connectivity index (χ1) is 17.9. The van der Waals surface area contributed by atoms with Crippen LogP contribution in [0.2, 0.25) is 0 Å². The van der Waals surface area contributed by atoms with Gasteiger partial charge in [0.05, 0.1) is 30.1 Å². The van der Waals surface area contributed by atoms with E-state index in [0.29, 0.717) is 31.0 Å². The van der Waals surface area contributed by atoms with Crippen molar-refractivity contribution < 1.29 is 9.59 Å². The summed E-state index contributed by atoms with van der Waals surface area (Å²) in [4.78, 5) is 33.7. The Morgan fingerprint density at radius 3 is 2.49 bits per heavy atom. The summed E-state index contributed by atoms with van der Waals surface area (Å²) in [6, 6.07) is 22.5. The number of anilines is 2. The molecule has 3 atom stereocenters. The molecule has 37 heavy (non-hydrogen) atoms. The van der Waals surface area contributed by atoms with Crippen LogP contribution in [0.4, 0.5) is 11.5 Å². The molecule has 2 N–H and O–H groups in total. The van der Waals surface area contributed by atoms with E-state index >= 15 is 0 Å². The number of aromatic nitrogens is 1. The fourth-order valence-corrected chi connectivity index (χ4v) is 4.50. The lowest BCUT2D eigenvalue weighted by molar-refractivity contribution is -0.130. The lowest BCUT2D eigenvalue weighted by atomic mass is 9.98. The van der Waals surface area contributed by atoms with Gasteiger partial charge in [0.1, 0.15) is 11.9 Å². The standard InChI is InChI=1S/C29H32N6O2/c1-20(23-11-9-22(15-30)10-12-23)16-32-28(24-7-5-4-6-8-24)29(37)33-26-14-13-25(17-31-26)35-19-27(36)34(3)18-21(35)2/h4-14,17,20-21,28,32H,16,18-19H2,1-3H3,(H,31,33,37)/t20-,21?,28-/m0/s1. The van der Waals surface area contributed by atoms with Crippen molar-refractivity contribution in [3.63, 3.8) is 0 Å². The minimum Gasteiger partial charge on any atom is -0.356 e. The van der Waals surface area contributed by atoms with Crippen LogP contribution in [0, 0.1) is 11.3 Å². The van der Waals surface area contributed by atoms with Crippen LogP contribution < -0.4 is 15.5 Å². The molecule has 1 aliphatic heterocycles. The quantitative estimate of drug-likeness (QED) is 0.493. The number of carbonyl (C=O) groups is 2. The molecule has 190 valence electrons. The number of nitrogens with zero attached hydrogens (tertiary/aromatic N) is 4. The van der Waals surface area contributed by atoms with Gasteiger partial charge in [-0.2, -0.15) is 5.26 Å². The fourth-order valence-electron chi connectivity index (χ4n) is 4.50. The second-order valence-corrected chi connectivity index (χ2v) is 9.53. The minimum absolute atomic E-state index is 0.0718. The van der Waals surface area contributed by atoms with E-state index in [9.17, 15) is 9.59 Å². The number of nitriles is 1. The first-order valence-electron chi connectivity index (χ1n) is 12.4. The molecule has 1 aliphatic rings. The molecule has 2 aromatic carbocycles. The van der Waals surface area contributed by atoms with Crippen LogP contribution in [0.3, 0.4) is 0 Å². The number of hydrogen-bond donors (Lipinski definition) is 2. The largest absolute Gasteiger partial charge is 0.356 e.